The van der Waals surface area contributed by atoms with Crippen molar-refractivity contribution in [3.05, 3.63) is 82.9 Å². The van der Waals surface area contributed by atoms with Gasteiger partial charge in [-0.15, -0.1) is 50.5 Å². The smallest absolute Gasteiger partial charge is 0.340 e. The second-order valence-corrected chi connectivity index (χ2v) is 8.06. The van der Waals surface area contributed by atoms with Crippen molar-refractivity contribution in [2.45, 2.75) is 32.8 Å². The standard InChI is InChI=1S/C22H18O4S4/c23-21(25-11-13-7-3-1-4-8-13)15-17(27)19(29)16(20(30)18(15)28)22(24)26-12-14-9-5-2-6-10-14/h1-10,27-30H,11-12H2. The second-order valence-electron chi connectivity index (χ2n) is 6.27. The van der Waals surface area contributed by atoms with Gasteiger partial charge < -0.3 is 9.47 Å². The highest BCUT2D eigenvalue weighted by Crippen LogP contribution is 2.38. The first-order valence-electron chi connectivity index (χ1n) is 8.82. The van der Waals surface area contributed by atoms with Crippen molar-refractivity contribution in [1.29, 1.82) is 0 Å². The SMILES string of the molecule is O=C(OCc1ccccc1)c1c(S)c(S)c(C(=O)OCc2ccccc2)c(S)c1S. The van der Waals surface area contributed by atoms with Gasteiger partial charge in [-0.05, 0) is 11.1 Å². The van der Waals surface area contributed by atoms with E-state index < -0.39 is 11.9 Å². The molecule has 3 aromatic carbocycles. The molecule has 0 amide bonds. The fourth-order valence-electron chi connectivity index (χ4n) is 2.68. The topological polar surface area (TPSA) is 52.6 Å². The largest absolute Gasteiger partial charge is 0.457 e. The van der Waals surface area contributed by atoms with Crippen LogP contribution in [0.4, 0.5) is 0 Å². The Morgan fingerprint density at radius 2 is 0.867 bits per heavy atom. The fourth-order valence-corrected chi connectivity index (χ4v) is 4.11. The molecule has 0 atom stereocenters. The van der Waals surface area contributed by atoms with Crippen LogP contribution in [0.25, 0.3) is 0 Å². The van der Waals surface area contributed by atoms with Gasteiger partial charge in [0.1, 0.15) is 13.2 Å². The van der Waals surface area contributed by atoms with Crippen LogP contribution in [0.1, 0.15) is 31.8 Å². The van der Waals surface area contributed by atoms with Gasteiger partial charge in [-0.1, -0.05) is 60.7 Å². The molecule has 0 spiro atoms. The zero-order valence-corrected chi connectivity index (χ0v) is 19.2. The quantitative estimate of drug-likeness (QED) is 0.279. The molecule has 8 heteroatoms. The number of esters is 2. The molecular weight excluding hydrogens is 457 g/mol. The van der Waals surface area contributed by atoms with E-state index in [1.54, 1.807) is 0 Å². The van der Waals surface area contributed by atoms with Crippen LogP contribution in [0.5, 0.6) is 0 Å². The highest BCUT2D eigenvalue weighted by molar-refractivity contribution is 7.85. The Balaban J connectivity index is 1.82. The number of carbonyl (C=O) groups is 2. The van der Waals surface area contributed by atoms with E-state index in [1.807, 2.05) is 60.7 Å². The van der Waals surface area contributed by atoms with Crippen LogP contribution in [-0.4, -0.2) is 11.9 Å². The summed E-state index contributed by atoms with van der Waals surface area (Å²) in [6.07, 6.45) is 0. The molecular formula is C22H18O4S4. The molecule has 0 N–H and O–H groups in total. The maximum Gasteiger partial charge on any atom is 0.340 e. The van der Waals surface area contributed by atoms with Gasteiger partial charge in [0, 0.05) is 19.6 Å². The maximum atomic E-state index is 12.7. The number of hydrogen-bond acceptors (Lipinski definition) is 8. The van der Waals surface area contributed by atoms with E-state index >= 15 is 0 Å². The summed E-state index contributed by atoms with van der Waals surface area (Å²) in [5, 5.41) is 0. The Labute approximate surface area is 196 Å². The van der Waals surface area contributed by atoms with Crippen LogP contribution in [0.15, 0.2) is 80.2 Å². The summed E-state index contributed by atoms with van der Waals surface area (Å²) in [5.74, 6) is -1.27. The molecule has 4 nitrogen and oxygen atoms in total. The summed E-state index contributed by atoms with van der Waals surface area (Å²) in [7, 11) is 0. The Hall–Kier alpha value is -2.00. The van der Waals surface area contributed by atoms with Gasteiger partial charge in [-0.3, -0.25) is 0 Å². The summed E-state index contributed by atoms with van der Waals surface area (Å²) in [6.45, 7) is 0.176. The first kappa shape index (κ1) is 22.7. The van der Waals surface area contributed by atoms with Gasteiger partial charge in [0.15, 0.2) is 0 Å². The predicted octanol–water partition coefficient (Wildman–Crippen LogP) is 5.56. The van der Waals surface area contributed by atoms with Gasteiger partial charge >= 0.3 is 11.9 Å². The molecule has 154 valence electrons. The van der Waals surface area contributed by atoms with Gasteiger partial charge in [-0.25, -0.2) is 9.59 Å². The van der Waals surface area contributed by atoms with Crippen molar-refractivity contribution >= 4 is 62.5 Å². The lowest BCUT2D eigenvalue weighted by molar-refractivity contribution is 0.0443. The molecule has 0 saturated carbocycles. The predicted molar refractivity (Wildman–Crippen MR) is 127 cm³/mol. The van der Waals surface area contributed by atoms with Gasteiger partial charge in [0.25, 0.3) is 0 Å². The second kappa shape index (κ2) is 10.3. The van der Waals surface area contributed by atoms with Crippen molar-refractivity contribution in [2.75, 3.05) is 0 Å². The van der Waals surface area contributed by atoms with Gasteiger partial charge in [0.2, 0.25) is 0 Å². The van der Waals surface area contributed by atoms with E-state index in [4.69, 9.17) is 9.47 Å². The van der Waals surface area contributed by atoms with Crippen molar-refractivity contribution in [2.24, 2.45) is 0 Å². The lowest BCUT2D eigenvalue weighted by Gasteiger charge is -2.17. The van der Waals surface area contributed by atoms with E-state index in [2.05, 4.69) is 50.5 Å². The summed E-state index contributed by atoms with van der Waals surface area (Å²) >= 11 is 17.5. The van der Waals surface area contributed by atoms with Crippen molar-refractivity contribution in [1.82, 2.24) is 0 Å². The number of thiol groups is 4. The van der Waals surface area contributed by atoms with E-state index in [0.29, 0.717) is 0 Å². The highest BCUT2D eigenvalue weighted by atomic mass is 32.1. The summed E-state index contributed by atoms with van der Waals surface area (Å²) < 4.78 is 10.7. The zero-order valence-electron chi connectivity index (χ0n) is 15.6. The third-order valence-corrected chi connectivity index (χ3v) is 6.37. The molecule has 30 heavy (non-hydrogen) atoms. The van der Waals surface area contributed by atoms with Gasteiger partial charge in [-0.2, -0.15) is 0 Å². The molecule has 0 unspecified atom stereocenters. The van der Waals surface area contributed by atoms with E-state index in [-0.39, 0.29) is 43.9 Å². The van der Waals surface area contributed by atoms with Crippen molar-refractivity contribution < 1.29 is 19.1 Å². The maximum absolute atomic E-state index is 12.7. The van der Waals surface area contributed by atoms with Crippen molar-refractivity contribution in [3.63, 3.8) is 0 Å². The molecule has 3 rings (SSSR count). The van der Waals surface area contributed by atoms with E-state index in [9.17, 15) is 9.59 Å². The molecule has 0 saturated heterocycles. The zero-order chi connectivity index (χ0) is 21.7. The van der Waals surface area contributed by atoms with Crippen LogP contribution < -0.4 is 0 Å². The minimum absolute atomic E-state index is 0.0881. The van der Waals surface area contributed by atoms with Crippen LogP contribution >= 0.6 is 50.5 Å². The Morgan fingerprint density at radius 3 is 1.17 bits per heavy atom. The number of hydrogen-bond donors (Lipinski definition) is 4. The number of ether oxygens (including phenoxy) is 2. The average molecular weight is 475 g/mol. The molecule has 0 bridgehead atoms. The Morgan fingerprint density at radius 1 is 0.567 bits per heavy atom. The third kappa shape index (κ3) is 5.18. The minimum atomic E-state index is -0.636. The normalized spacial score (nSPS) is 10.5. The molecule has 0 fully saturated rings. The first-order chi connectivity index (χ1) is 14.4. The van der Waals surface area contributed by atoms with Crippen LogP contribution in [-0.2, 0) is 22.7 Å². The average Bonchev–Trinajstić information content (AvgIpc) is 2.76. The van der Waals surface area contributed by atoms with Crippen molar-refractivity contribution in [3.8, 4) is 0 Å². The van der Waals surface area contributed by atoms with E-state index in [0.717, 1.165) is 11.1 Å². The lowest BCUT2D eigenvalue weighted by Crippen LogP contribution is -2.13. The van der Waals surface area contributed by atoms with E-state index in [1.165, 1.54) is 0 Å². The first-order valence-corrected chi connectivity index (χ1v) is 10.6. The summed E-state index contributed by atoms with van der Waals surface area (Å²) in [4.78, 5) is 26.0. The van der Waals surface area contributed by atoms with Crippen LogP contribution in [0, 0.1) is 0 Å². The molecule has 0 aliphatic heterocycles. The summed E-state index contributed by atoms with van der Waals surface area (Å²) in [6, 6.07) is 18.5. The van der Waals surface area contributed by atoms with Crippen LogP contribution in [0.3, 0.4) is 0 Å². The molecule has 3 aromatic rings. The molecule has 0 aromatic heterocycles. The summed E-state index contributed by atoms with van der Waals surface area (Å²) in [5.41, 5.74) is 1.86. The monoisotopic (exact) mass is 474 g/mol. The molecule has 0 aliphatic carbocycles. The number of carbonyl (C=O) groups excluding carboxylic acids is 2. The molecule has 0 aliphatic rings. The minimum Gasteiger partial charge on any atom is -0.457 e. The van der Waals surface area contributed by atoms with Crippen LogP contribution in [0.2, 0.25) is 0 Å². The fraction of sp³-hybridized carbons (Fsp3) is 0.0909. The third-order valence-electron chi connectivity index (χ3n) is 4.23. The Bertz CT molecular complexity index is 954. The lowest BCUT2D eigenvalue weighted by atomic mass is 10.1. The molecule has 0 radical (unpaired) electrons. The highest BCUT2D eigenvalue weighted by Gasteiger charge is 2.27. The Kier molecular flexibility index (Phi) is 7.82. The van der Waals surface area contributed by atoms with Gasteiger partial charge in [0.05, 0.1) is 11.1 Å². The number of rotatable bonds is 6. The molecule has 0 heterocycles. The number of benzene rings is 3.